The van der Waals surface area contributed by atoms with Gasteiger partial charge in [-0.15, -0.1) is 0 Å². The maximum Gasteiger partial charge on any atom is 0.329 e. The zero-order valence-electron chi connectivity index (χ0n) is 39.0. The van der Waals surface area contributed by atoms with E-state index in [1.54, 1.807) is 17.0 Å². The lowest BCUT2D eigenvalue weighted by molar-refractivity contribution is -0.144. The Kier molecular flexibility index (Phi) is 15.4. The summed E-state index contributed by atoms with van der Waals surface area (Å²) in [5.74, 6) is 2.78. The number of hydrogen-bond donors (Lipinski definition) is 2. The number of carbonyl (C=O) groups is 2. The zero-order chi connectivity index (χ0) is 46.3. The number of anilines is 1. The predicted molar refractivity (Wildman–Crippen MR) is 258 cm³/mol. The summed E-state index contributed by atoms with van der Waals surface area (Å²) in [5, 5.41) is 14.7. The second-order valence-corrected chi connectivity index (χ2v) is 20.1. The van der Waals surface area contributed by atoms with Crippen LogP contribution in [0.5, 0.6) is 17.2 Å². The van der Waals surface area contributed by atoms with Crippen LogP contribution in [0, 0.1) is 11.8 Å². The van der Waals surface area contributed by atoms with E-state index >= 15 is 0 Å². The molecule has 1 saturated heterocycles. The van der Waals surface area contributed by atoms with Crippen molar-refractivity contribution in [3.05, 3.63) is 112 Å². The van der Waals surface area contributed by atoms with Crippen molar-refractivity contribution < 1.29 is 33.3 Å². The summed E-state index contributed by atoms with van der Waals surface area (Å²) in [5.41, 5.74) is 5.48. The number of ether oxygens (including phenoxy) is 3. The van der Waals surface area contributed by atoms with Gasteiger partial charge in [-0.3, -0.25) is 14.7 Å². The van der Waals surface area contributed by atoms with Crippen LogP contribution in [0.3, 0.4) is 0 Å². The van der Waals surface area contributed by atoms with Gasteiger partial charge in [0.2, 0.25) is 5.91 Å². The van der Waals surface area contributed by atoms with Gasteiger partial charge in [-0.2, -0.15) is 0 Å². The van der Waals surface area contributed by atoms with Gasteiger partial charge >= 0.3 is 5.97 Å². The molecule has 4 aromatic rings. The van der Waals surface area contributed by atoms with Crippen LogP contribution in [0.25, 0.3) is 0 Å². The third kappa shape index (κ3) is 11.3. The van der Waals surface area contributed by atoms with Crippen LogP contribution in [-0.4, -0.2) is 96.5 Å². The number of likely N-dealkylation sites (tertiary alicyclic amines) is 1. The number of alkyl halides is 1. The van der Waals surface area contributed by atoms with E-state index in [1.165, 1.54) is 22.4 Å². The van der Waals surface area contributed by atoms with E-state index in [-0.39, 0.29) is 17.2 Å². The summed E-state index contributed by atoms with van der Waals surface area (Å²) in [6.45, 7) is 8.66. The molecule has 2 N–H and O–H groups in total. The van der Waals surface area contributed by atoms with Crippen molar-refractivity contribution in [1.82, 2.24) is 14.8 Å². The molecule has 8 rings (SSSR count). The second kappa shape index (κ2) is 21.4. The molecule has 10 nitrogen and oxygen atoms in total. The highest BCUT2D eigenvalue weighted by molar-refractivity contribution is 6.30. The summed E-state index contributed by atoms with van der Waals surface area (Å²) in [6, 6.07) is 23.8. The number of fused-ring (bicyclic) bond motifs is 3. The van der Waals surface area contributed by atoms with Gasteiger partial charge in [-0.25, -0.2) is 9.18 Å². The van der Waals surface area contributed by atoms with Gasteiger partial charge in [0.15, 0.2) is 0 Å². The van der Waals surface area contributed by atoms with Crippen LogP contribution >= 0.6 is 11.6 Å². The highest BCUT2D eigenvalue weighted by Gasteiger charge is 2.54. The molecule has 0 radical (unpaired) electrons. The summed E-state index contributed by atoms with van der Waals surface area (Å²) in [4.78, 5) is 34.9. The molecule has 4 aliphatic rings. The first kappa shape index (κ1) is 47.6. The standard InChI is InChI=1S/C54H68ClFN4O6/c1-37(36-66-49-17-24-57-48-13-4-8-38(2)51(48)49)30-41-32-40-15-16-46(34-47(40)53(41)20-22-54(23-21-53,52(62)63)58-44-11-6-10-42(55)33-44)64-28-7-14-50(61)59(3)25-18-39-9-5-12-45(31-39)65-29-27-60-26-19-43(56)35-60/h5-6,9-12,15-17,24,31,33-34,37-38,41,43,58H,4,7-8,13-14,18-23,25-30,32,35-36H2,1-3H3,(H,62,63)/t37-,38-,41?,43-,53?,54?/m1/s1. The van der Waals surface area contributed by atoms with Gasteiger partial charge in [0, 0.05) is 67.8 Å². The van der Waals surface area contributed by atoms with E-state index < -0.39 is 17.7 Å². The lowest BCUT2D eigenvalue weighted by Crippen LogP contribution is -2.53. The number of nitrogens with one attached hydrogen (secondary N) is 1. The number of carbonyl (C=O) groups excluding carboxylic acids is 1. The quantitative estimate of drug-likeness (QED) is 0.0837. The number of halogens is 2. The Morgan fingerprint density at radius 1 is 1.00 bits per heavy atom. The number of carboxylic acid groups (broad SMARTS) is 1. The smallest absolute Gasteiger partial charge is 0.329 e. The molecular weight excluding hydrogens is 855 g/mol. The Balaban J connectivity index is 0.881. The Bertz CT molecular complexity index is 2300. The highest BCUT2D eigenvalue weighted by atomic mass is 35.5. The fourth-order valence-electron chi connectivity index (χ4n) is 11.3. The molecule has 66 heavy (non-hydrogen) atoms. The lowest BCUT2D eigenvalue weighted by Gasteiger charge is -2.47. The average molecular weight is 924 g/mol. The predicted octanol–water partition coefficient (Wildman–Crippen LogP) is 10.5. The fourth-order valence-corrected chi connectivity index (χ4v) is 11.5. The first-order chi connectivity index (χ1) is 31.9. The van der Waals surface area contributed by atoms with Crippen LogP contribution in [0.4, 0.5) is 10.1 Å². The number of benzene rings is 3. The zero-order valence-corrected chi connectivity index (χ0v) is 39.8. The van der Waals surface area contributed by atoms with Crippen LogP contribution < -0.4 is 19.5 Å². The van der Waals surface area contributed by atoms with Crippen molar-refractivity contribution in [2.75, 3.05) is 58.4 Å². The van der Waals surface area contributed by atoms with Gasteiger partial charge in [0.05, 0.1) is 13.2 Å². The molecule has 4 atom stereocenters. The second-order valence-electron chi connectivity index (χ2n) is 19.7. The Hall–Kier alpha value is -4.87. The molecule has 1 aliphatic heterocycles. The highest BCUT2D eigenvalue weighted by Crippen LogP contribution is 2.57. The molecular formula is C54H68ClFN4O6. The van der Waals surface area contributed by atoms with Crippen LogP contribution in [0.15, 0.2) is 79.0 Å². The van der Waals surface area contributed by atoms with Crippen molar-refractivity contribution in [3.63, 3.8) is 0 Å². The number of aryl methyl sites for hydroxylation is 1. The molecule has 1 aromatic heterocycles. The fraction of sp³-hybridized carbons (Fsp3) is 0.537. The largest absolute Gasteiger partial charge is 0.494 e. The summed E-state index contributed by atoms with van der Waals surface area (Å²) in [7, 11) is 1.85. The molecule has 354 valence electrons. The number of aromatic nitrogens is 1. The van der Waals surface area contributed by atoms with E-state index in [1.807, 2.05) is 49.6 Å². The normalized spacial score (nSPS) is 24.0. The summed E-state index contributed by atoms with van der Waals surface area (Å²) >= 11 is 6.33. The number of amides is 1. The molecule has 2 heterocycles. The van der Waals surface area contributed by atoms with E-state index in [9.17, 15) is 19.1 Å². The molecule has 1 amide bonds. The minimum Gasteiger partial charge on any atom is -0.494 e. The monoisotopic (exact) mass is 922 g/mol. The van der Waals surface area contributed by atoms with Gasteiger partial charge < -0.3 is 29.5 Å². The molecule has 3 aliphatic carbocycles. The van der Waals surface area contributed by atoms with Crippen molar-refractivity contribution >= 4 is 29.2 Å². The van der Waals surface area contributed by atoms with Crippen molar-refractivity contribution in [1.29, 1.82) is 0 Å². The maximum atomic E-state index is 13.5. The molecule has 3 aromatic carbocycles. The van der Waals surface area contributed by atoms with Gasteiger partial charge in [0.25, 0.3) is 0 Å². The summed E-state index contributed by atoms with van der Waals surface area (Å²) < 4.78 is 32.5. The lowest BCUT2D eigenvalue weighted by atomic mass is 9.59. The number of aliphatic carboxylic acids is 1. The number of nitrogens with zero attached hydrogens (tertiary/aromatic N) is 3. The molecule has 1 unspecified atom stereocenters. The Morgan fingerprint density at radius 2 is 1.80 bits per heavy atom. The molecule has 1 spiro atoms. The van der Waals surface area contributed by atoms with Crippen molar-refractivity contribution in [3.8, 4) is 17.2 Å². The topological polar surface area (TPSA) is 113 Å². The van der Waals surface area contributed by atoms with Crippen molar-refractivity contribution in [2.24, 2.45) is 11.8 Å². The van der Waals surface area contributed by atoms with Gasteiger partial charge in [-0.1, -0.05) is 49.7 Å². The average Bonchev–Trinajstić information content (AvgIpc) is 3.86. The molecule has 2 fully saturated rings. The third-order valence-electron chi connectivity index (χ3n) is 15.0. The third-order valence-corrected chi connectivity index (χ3v) is 15.3. The summed E-state index contributed by atoms with van der Waals surface area (Å²) in [6.07, 6.45) is 11.0. The Morgan fingerprint density at radius 3 is 2.59 bits per heavy atom. The maximum absolute atomic E-state index is 13.5. The number of likely N-dealkylation sites (N-methyl/N-ethyl adjacent to an activating group) is 1. The number of pyridine rings is 1. The van der Waals surface area contributed by atoms with E-state index in [0.29, 0.717) is 101 Å². The van der Waals surface area contributed by atoms with Crippen LogP contribution in [-0.2, 0) is 34.3 Å². The molecule has 1 saturated carbocycles. The molecule has 0 bridgehead atoms. The van der Waals surface area contributed by atoms with Crippen LogP contribution in [0.2, 0.25) is 5.02 Å². The number of rotatable bonds is 20. The van der Waals surface area contributed by atoms with E-state index in [0.717, 1.165) is 74.3 Å². The van der Waals surface area contributed by atoms with E-state index in [4.69, 9.17) is 25.8 Å². The van der Waals surface area contributed by atoms with Crippen molar-refractivity contribution in [2.45, 2.75) is 120 Å². The minimum atomic E-state index is -1.11. The van der Waals surface area contributed by atoms with Gasteiger partial charge in [0.1, 0.15) is 35.6 Å². The first-order valence-electron chi connectivity index (χ1n) is 24.4. The number of hydrogen-bond acceptors (Lipinski definition) is 8. The Labute approximate surface area is 395 Å². The minimum absolute atomic E-state index is 0.0745. The SMILES string of the molecule is C[C@@H](COc1ccnc2c1[C@H](C)CCC2)CC1Cc2ccc(OCCCC(=O)N(C)CCc3cccc(OCCN4CC[C@@H](F)C4)c3)cc2C12CCC(Nc1cccc(Cl)c1)(C(=O)O)CC2. The van der Waals surface area contributed by atoms with E-state index in [2.05, 4.69) is 53.3 Å². The van der Waals surface area contributed by atoms with Crippen LogP contribution in [0.1, 0.15) is 112 Å². The van der Waals surface area contributed by atoms with Gasteiger partial charge in [-0.05, 0) is 165 Å². The molecule has 12 heteroatoms. The first-order valence-corrected chi connectivity index (χ1v) is 24.7. The number of carboxylic acids is 1.